The lowest BCUT2D eigenvalue weighted by Crippen LogP contribution is -2.50. The van der Waals surface area contributed by atoms with Crippen molar-refractivity contribution in [2.45, 2.75) is 26.4 Å². The van der Waals surface area contributed by atoms with E-state index in [2.05, 4.69) is 11.8 Å². The van der Waals surface area contributed by atoms with Crippen LogP contribution in [0, 0.1) is 5.82 Å². The average Bonchev–Trinajstić information content (AvgIpc) is 2.57. The zero-order valence-electron chi connectivity index (χ0n) is 14.6. The number of benzene rings is 1. The highest BCUT2D eigenvalue weighted by Gasteiger charge is 2.24. The maximum absolute atomic E-state index is 14.7. The molecule has 0 amide bonds. The molecule has 1 N–H and O–H groups in total. The highest BCUT2D eigenvalue weighted by atomic mass is 19.1. The molecule has 2 heterocycles. The van der Waals surface area contributed by atoms with Crippen LogP contribution in [0.25, 0.3) is 10.9 Å². The summed E-state index contributed by atoms with van der Waals surface area (Å²) in [4.78, 5) is 27.9. The lowest BCUT2D eigenvalue weighted by Gasteiger charge is -2.39. The fraction of sp³-hybridized carbons (Fsp3) is 0.444. The molecular weight excluding hydrogens is 325 g/mol. The molecule has 134 valence electrons. The fourth-order valence-corrected chi connectivity index (χ4v) is 3.32. The summed E-state index contributed by atoms with van der Waals surface area (Å²) in [5.41, 5.74) is 0.0247. The molecular formula is C18H22FN3O3. The van der Waals surface area contributed by atoms with E-state index in [0.29, 0.717) is 36.9 Å². The van der Waals surface area contributed by atoms with Gasteiger partial charge in [-0.3, -0.25) is 4.79 Å². The zero-order chi connectivity index (χ0) is 18.3. The van der Waals surface area contributed by atoms with Gasteiger partial charge in [0.25, 0.3) is 0 Å². The number of piperazine rings is 1. The number of halogens is 1. The Kier molecular flexibility index (Phi) is 4.51. The van der Waals surface area contributed by atoms with Crippen LogP contribution in [0.3, 0.4) is 0 Å². The van der Waals surface area contributed by atoms with E-state index in [0.717, 1.165) is 6.54 Å². The van der Waals surface area contributed by atoms with Crippen LogP contribution in [0.1, 0.15) is 24.2 Å². The summed E-state index contributed by atoms with van der Waals surface area (Å²) < 4.78 is 16.4. The number of aryl methyl sites for hydroxylation is 1. The van der Waals surface area contributed by atoms with Gasteiger partial charge in [-0.05, 0) is 33.0 Å². The number of rotatable bonds is 3. The van der Waals surface area contributed by atoms with Crippen molar-refractivity contribution < 1.29 is 14.3 Å². The van der Waals surface area contributed by atoms with Crippen molar-refractivity contribution in [1.82, 2.24) is 9.47 Å². The van der Waals surface area contributed by atoms with Crippen LogP contribution in [0.2, 0.25) is 0 Å². The van der Waals surface area contributed by atoms with Gasteiger partial charge in [-0.25, -0.2) is 9.18 Å². The summed E-state index contributed by atoms with van der Waals surface area (Å²) in [6.07, 6.45) is 1.33. The summed E-state index contributed by atoms with van der Waals surface area (Å²) in [6.45, 7) is 6.66. The average molecular weight is 347 g/mol. The molecule has 3 rings (SSSR count). The van der Waals surface area contributed by atoms with Gasteiger partial charge in [-0.2, -0.15) is 0 Å². The Morgan fingerprint density at radius 2 is 2.08 bits per heavy atom. The minimum atomic E-state index is -1.30. The molecule has 1 fully saturated rings. The van der Waals surface area contributed by atoms with E-state index in [1.165, 1.54) is 12.3 Å². The van der Waals surface area contributed by atoms with Crippen LogP contribution in [-0.4, -0.2) is 53.3 Å². The molecule has 0 spiro atoms. The van der Waals surface area contributed by atoms with Crippen molar-refractivity contribution in [3.8, 4) is 0 Å². The van der Waals surface area contributed by atoms with Crippen molar-refractivity contribution in [1.29, 1.82) is 0 Å². The van der Waals surface area contributed by atoms with Crippen molar-refractivity contribution >= 4 is 22.6 Å². The number of aromatic carboxylic acids is 1. The van der Waals surface area contributed by atoms with E-state index < -0.39 is 17.2 Å². The number of fused-ring (bicyclic) bond motifs is 1. The lowest BCUT2D eigenvalue weighted by atomic mass is 10.1. The molecule has 25 heavy (non-hydrogen) atoms. The summed E-state index contributed by atoms with van der Waals surface area (Å²) in [6, 6.07) is 3.14. The number of pyridine rings is 1. The molecule has 0 aliphatic carbocycles. The first kappa shape index (κ1) is 17.4. The number of hydrogen-bond acceptors (Lipinski definition) is 4. The maximum Gasteiger partial charge on any atom is 0.341 e. The van der Waals surface area contributed by atoms with E-state index in [-0.39, 0.29) is 10.9 Å². The number of carbonyl (C=O) groups is 1. The third-order valence-electron chi connectivity index (χ3n) is 5.02. The van der Waals surface area contributed by atoms with Crippen LogP contribution >= 0.6 is 0 Å². The van der Waals surface area contributed by atoms with Crippen LogP contribution < -0.4 is 10.3 Å². The van der Waals surface area contributed by atoms with Crippen LogP contribution in [-0.2, 0) is 6.54 Å². The zero-order valence-corrected chi connectivity index (χ0v) is 14.6. The number of carboxylic acid groups (broad SMARTS) is 1. The van der Waals surface area contributed by atoms with E-state index in [4.69, 9.17) is 0 Å². The first-order valence-corrected chi connectivity index (χ1v) is 8.38. The second-order valence-electron chi connectivity index (χ2n) is 6.56. The van der Waals surface area contributed by atoms with E-state index in [1.807, 2.05) is 18.9 Å². The minimum absolute atomic E-state index is 0.102. The van der Waals surface area contributed by atoms with Crippen molar-refractivity contribution in [3.63, 3.8) is 0 Å². The first-order valence-electron chi connectivity index (χ1n) is 8.38. The second-order valence-corrected chi connectivity index (χ2v) is 6.56. The number of hydrogen-bond donors (Lipinski definition) is 1. The van der Waals surface area contributed by atoms with E-state index in [1.54, 1.807) is 10.6 Å². The molecule has 1 saturated heterocycles. The molecule has 0 bridgehead atoms. The molecule has 0 radical (unpaired) electrons. The predicted molar refractivity (Wildman–Crippen MR) is 95.1 cm³/mol. The Hall–Kier alpha value is -2.41. The molecule has 1 unspecified atom stereocenters. The highest BCUT2D eigenvalue weighted by Crippen LogP contribution is 2.27. The van der Waals surface area contributed by atoms with Crippen molar-refractivity contribution in [2.75, 3.05) is 31.6 Å². The summed E-state index contributed by atoms with van der Waals surface area (Å²) in [5, 5.41) is 9.31. The fourth-order valence-electron chi connectivity index (χ4n) is 3.32. The molecule has 1 aromatic heterocycles. The molecule has 1 aliphatic rings. The maximum atomic E-state index is 14.7. The van der Waals surface area contributed by atoms with Gasteiger partial charge in [-0.15, -0.1) is 0 Å². The number of anilines is 1. The van der Waals surface area contributed by atoms with Gasteiger partial charge < -0.3 is 19.5 Å². The number of aromatic nitrogens is 1. The van der Waals surface area contributed by atoms with Gasteiger partial charge in [0.15, 0.2) is 0 Å². The van der Waals surface area contributed by atoms with E-state index in [9.17, 15) is 19.1 Å². The van der Waals surface area contributed by atoms with E-state index >= 15 is 0 Å². The molecule has 2 aromatic rings. The Bertz CT molecular complexity index is 893. The third kappa shape index (κ3) is 3.00. The molecule has 7 heteroatoms. The van der Waals surface area contributed by atoms with Crippen molar-refractivity contribution in [3.05, 3.63) is 39.9 Å². The number of carboxylic acids is 1. The Morgan fingerprint density at radius 3 is 2.68 bits per heavy atom. The Balaban J connectivity index is 2.17. The smallest absolute Gasteiger partial charge is 0.341 e. The van der Waals surface area contributed by atoms with Crippen LogP contribution in [0.4, 0.5) is 10.1 Å². The van der Waals surface area contributed by atoms with Crippen LogP contribution in [0.15, 0.2) is 23.1 Å². The van der Waals surface area contributed by atoms with Crippen molar-refractivity contribution in [2.24, 2.45) is 0 Å². The predicted octanol–water partition coefficient (Wildman–Crippen LogP) is 2.00. The molecule has 1 atom stereocenters. The van der Waals surface area contributed by atoms with Gasteiger partial charge >= 0.3 is 5.97 Å². The normalized spacial score (nSPS) is 18.7. The van der Waals surface area contributed by atoms with Gasteiger partial charge in [0, 0.05) is 43.8 Å². The second kappa shape index (κ2) is 6.48. The lowest BCUT2D eigenvalue weighted by molar-refractivity contribution is 0.0695. The SMILES string of the molecule is CCn1cc(C(=O)O)c(=O)c2cc(F)c(N3CCN(C)C(C)C3)cc21. The topological polar surface area (TPSA) is 65.8 Å². The molecule has 0 saturated carbocycles. The Morgan fingerprint density at radius 1 is 1.36 bits per heavy atom. The molecule has 1 aliphatic heterocycles. The quantitative estimate of drug-likeness (QED) is 0.920. The molecule has 1 aromatic carbocycles. The largest absolute Gasteiger partial charge is 0.477 e. The summed E-state index contributed by atoms with van der Waals surface area (Å²) in [7, 11) is 2.04. The van der Waals surface area contributed by atoms with Crippen LogP contribution in [0.5, 0.6) is 0 Å². The molecule has 6 nitrogen and oxygen atoms in total. The summed E-state index contributed by atoms with van der Waals surface area (Å²) in [5.74, 6) is -1.79. The third-order valence-corrected chi connectivity index (χ3v) is 5.02. The van der Waals surface area contributed by atoms with Gasteiger partial charge in [0.05, 0.1) is 11.2 Å². The summed E-state index contributed by atoms with van der Waals surface area (Å²) >= 11 is 0. The van der Waals surface area contributed by atoms with Gasteiger partial charge in [0.1, 0.15) is 11.4 Å². The van der Waals surface area contributed by atoms with Gasteiger partial charge in [0.2, 0.25) is 5.43 Å². The highest BCUT2D eigenvalue weighted by molar-refractivity contribution is 5.93. The monoisotopic (exact) mass is 347 g/mol. The number of nitrogens with zero attached hydrogens (tertiary/aromatic N) is 3. The number of likely N-dealkylation sites (N-methyl/N-ethyl adjacent to an activating group) is 1. The first-order chi connectivity index (χ1) is 11.8. The Labute approximate surface area is 145 Å². The standard InChI is InChI=1S/C18H22FN3O3/c1-4-21-10-13(18(24)25)17(23)12-7-14(19)16(8-15(12)21)22-6-5-20(3)11(2)9-22/h7-8,10-11H,4-6,9H2,1-3H3,(H,24,25). The van der Waals surface area contributed by atoms with Gasteiger partial charge in [-0.1, -0.05) is 0 Å². The minimum Gasteiger partial charge on any atom is -0.477 e.